The summed E-state index contributed by atoms with van der Waals surface area (Å²) < 4.78 is 0. The van der Waals surface area contributed by atoms with Gasteiger partial charge >= 0.3 is 0 Å². The Morgan fingerprint density at radius 3 is 2.63 bits per heavy atom. The first-order chi connectivity index (χ1) is 9.13. The summed E-state index contributed by atoms with van der Waals surface area (Å²) in [6.45, 7) is 11.5. The summed E-state index contributed by atoms with van der Waals surface area (Å²) in [6, 6.07) is 9.50. The van der Waals surface area contributed by atoms with Crippen LogP contribution in [0.25, 0.3) is 0 Å². The normalized spacial score (nSPS) is 18.1. The van der Waals surface area contributed by atoms with Crippen LogP contribution in [0.4, 0.5) is 0 Å². The van der Waals surface area contributed by atoms with Crippen LogP contribution >= 0.6 is 0 Å². The summed E-state index contributed by atoms with van der Waals surface area (Å²) in [6.07, 6.45) is 2.58. The smallest absolute Gasteiger partial charge is 0.0208 e. The number of rotatable bonds is 5. The molecule has 0 bridgehead atoms. The van der Waals surface area contributed by atoms with Crippen LogP contribution in [0.5, 0.6) is 0 Å². The van der Waals surface area contributed by atoms with Crippen LogP contribution in [0.15, 0.2) is 24.3 Å². The number of piperidine rings is 1. The van der Waals surface area contributed by atoms with E-state index in [-0.39, 0.29) is 0 Å². The standard InChI is InChI=1S/C17H28N2/c1-14(2)13-19-9-7-17(8-10-19)18-12-16-6-4-5-15(3)11-16/h4-6,11,14,17-18H,7-10,12-13H2,1-3H3. The predicted octanol–water partition coefficient (Wildman–Crippen LogP) is 3.21. The molecule has 0 aliphatic carbocycles. The van der Waals surface area contributed by atoms with Crippen molar-refractivity contribution in [1.82, 2.24) is 10.2 Å². The van der Waals surface area contributed by atoms with Crippen molar-refractivity contribution in [3.63, 3.8) is 0 Å². The monoisotopic (exact) mass is 260 g/mol. The molecule has 1 saturated heterocycles. The molecule has 1 aliphatic heterocycles. The number of nitrogens with one attached hydrogen (secondary N) is 1. The molecule has 1 aromatic rings. The van der Waals surface area contributed by atoms with Crippen LogP contribution in [0, 0.1) is 12.8 Å². The molecule has 1 heterocycles. The highest BCUT2D eigenvalue weighted by Gasteiger charge is 2.18. The fourth-order valence-corrected chi connectivity index (χ4v) is 2.92. The maximum absolute atomic E-state index is 3.71. The maximum atomic E-state index is 3.71. The van der Waals surface area contributed by atoms with Crippen LogP contribution in [0.3, 0.4) is 0 Å². The molecule has 2 rings (SSSR count). The Labute approximate surface area is 118 Å². The molecular weight excluding hydrogens is 232 g/mol. The van der Waals surface area contributed by atoms with E-state index in [1.807, 2.05) is 0 Å². The predicted molar refractivity (Wildman–Crippen MR) is 82.3 cm³/mol. The molecule has 2 heteroatoms. The van der Waals surface area contributed by atoms with Gasteiger partial charge in [0.1, 0.15) is 0 Å². The molecule has 19 heavy (non-hydrogen) atoms. The van der Waals surface area contributed by atoms with Crippen molar-refractivity contribution in [3.8, 4) is 0 Å². The van der Waals surface area contributed by atoms with E-state index in [1.165, 1.54) is 43.6 Å². The largest absolute Gasteiger partial charge is 0.310 e. The first kappa shape index (κ1) is 14.5. The van der Waals surface area contributed by atoms with E-state index in [1.54, 1.807) is 0 Å². The van der Waals surface area contributed by atoms with Crippen molar-refractivity contribution in [2.45, 2.75) is 46.2 Å². The minimum absolute atomic E-state index is 0.698. The number of hydrogen-bond donors (Lipinski definition) is 1. The van der Waals surface area contributed by atoms with Crippen LogP contribution in [-0.4, -0.2) is 30.6 Å². The summed E-state index contributed by atoms with van der Waals surface area (Å²) in [7, 11) is 0. The number of aryl methyl sites for hydroxylation is 1. The Bertz CT molecular complexity index is 379. The Hall–Kier alpha value is -0.860. The molecule has 1 N–H and O–H groups in total. The van der Waals surface area contributed by atoms with Gasteiger partial charge in [-0.2, -0.15) is 0 Å². The van der Waals surface area contributed by atoms with E-state index in [0.717, 1.165) is 12.5 Å². The van der Waals surface area contributed by atoms with Gasteiger partial charge in [0.05, 0.1) is 0 Å². The maximum Gasteiger partial charge on any atom is 0.0208 e. The van der Waals surface area contributed by atoms with E-state index in [2.05, 4.69) is 55.3 Å². The molecule has 0 radical (unpaired) electrons. The SMILES string of the molecule is Cc1cccc(CNC2CCN(CC(C)C)CC2)c1. The van der Waals surface area contributed by atoms with Crippen LogP contribution < -0.4 is 5.32 Å². The molecule has 1 aliphatic rings. The second-order valence-electron chi connectivity index (χ2n) is 6.34. The molecule has 106 valence electrons. The van der Waals surface area contributed by atoms with Gasteiger partial charge in [-0.25, -0.2) is 0 Å². The lowest BCUT2D eigenvalue weighted by Crippen LogP contribution is -2.43. The van der Waals surface area contributed by atoms with Gasteiger partial charge in [0, 0.05) is 19.1 Å². The first-order valence-corrected chi connectivity index (χ1v) is 7.65. The molecule has 0 unspecified atom stereocenters. The molecule has 0 atom stereocenters. The second-order valence-corrected chi connectivity index (χ2v) is 6.34. The van der Waals surface area contributed by atoms with E-state index in [0.29, 0.717) is 6.04 Å². The minimum atomic E-state index is 0.698. The molecular formula is C17H28N2. The van der Waals surface area contributed by atoms with E-state index < -0.39 is 0 Å². The topological polar surface area (TPSA) is 15.3 Å². The zero-order valence-electron chi connectivity index (χ0n) is 12.7. The van der Waals surface area contributed by atoms with E-state index in [4.69, 9.17) is 0 Å². The van der Waals surface area contributed by atoms with Crippen LogP contribution in [0.1, 0.15) is 37.8 Å². The summed E-state index contributed by atoms with van der Waals surface area (Å²) in [5.41, 5.74) is 2.76. The van der Waals surface area contributed by atoms with Crippen molar-refractivity contribution in [1.29, 1.82) is 0 Å². The summed E-state index contributed by atoms with van der Waals surface area (Å²) >= 11 is 0. The van der Waals surface area contributed by atoms with Gasteiger partial charge in [-0.1, -0.05) is 43.7 Å². The fraction of sp³-hybridized carbons (Fsp3) is 0.647. The number of benzene rings is 1. The molecule has 1 fully saturated rings. The Kier molecular flexibility index (Phi) is 5.41. The van der Waals surface area contributed by atoms with E-state index >= 15 is 0 Å². The Morgan fingerprint density at radius 2 is 2.00 bits per heavy atom. The zero-order valence-corrected chi connectivity index (χ0v) is 12.7. The fourth-order valence-electron chi connectivity index (χ4n) is 2.92. The van der Waals surface area contributed by atoms with Crippen molar-refractivity contribution in [2.75, 3.05) is 19.6 Å². The zero-order chi connectivity index (χ0) is 13.7. The molecule has 1 aromatic carbocycles. The summed E-state index contributed by atoms with van der Waals surface area (Å²) in [5.74, 6) is 0.789. The quantitative estimate of drug-likeness (QED) is 0.874. The third kappa shape index (κ3) is 4.96. The highest BCUT2D eigenvalue weighted by atomic mass is 15.1. The van der Waals surface area contributed by atoms with Crippen molar-refractivity contribution < 1.29 is 0 Å². The highest BCUT2D eigenvalue weighted by Crippen LogP contribution is 2.13. The summed E-state index contributed by atoms with van der Waals surface area (Å²) in [5, 5.41) is 3.71. The summed E-state index contributed by atoms with van der Waals surface area (Å²) in [4.78, 5) is 2.61. The third-order valence-corrected chi connectivity index (χ3v) is 3.89. The van der Waals surface area contributed by atoms with Crippen LogP contribution in [-0.2, 0) is 6.54 Å². The number of likely N-dealkylation sites (tertiary alicyclic amines) is 1. The van der Waals surface area contributed by atoms with Gasteiger partial charge in [-0.3, -0.25) is 0 Å². The van der Waals surface area contributed by atoms with Crippen molar-refractivity contribution in [3.05, 3.63) is 35.4 Å². The average molecular weight is 260 g/mol. The van der Waals surface area contributed by atoms with Gasteiger partial charge < -0.3 is 10.2 Å². The van der Waals surface area contributed by atoms with Gasteiger partial charge in [0.2, 0.25) is 0 Å². The molecule has 0 spiro atoms. The van der Waals surface area contributed by atoms with Gasteiger partial charge in [0.15, 0.2) is 0 Å². The Balaban J connectivity index is 1.71. The lowest BCUT2D eigenvalue weighted by atomic mass is 10.0. The molecule has 2 nitrogen and oxygen atoms in total. The minimum Gasteiger partial charge on any atom is -0.310 e. The van der Waals surface area contributed by atoms with E-state index in [9.17, 15) is 0 Å². The molecule has 0 amide bonds. The van der Waals surface area contributed by atoms with Crippen LogP contribution in [0.2, 0.25) is 0 Å². The third-order valence-electron chi connectivity index (χ3n) is 3.89. The average Bonchev–Trinajstić information content (AvgIpc) is 2.37. The first-order valence-electron chi connectivity index (χ1n) is 7.65. The van der Waals surface area contributed by atoms with Gasteiger partial charge in [0.25, 0.3) is 0 Å². The number of hydrogen-bond acceptors (Lipinski definition) is 2. The lowest BCUT2D eigenvalue weighted by molar-refractivity contribution is 0.179. The highest BCUT2D eigenvalue weighted by molar-refractivity contribution is 5.22. The molecule has 0 saturated carbocycles. The van der Waals surface area contributed by atoms with Crippen molar-refractivity contribution >= 4 is 0 Å². The van der Waals surface area contributed by atoms with Gasteiger partial charge in [-0.15, -0.1) is 0 Å². The molecule has 0 aromatic heterocycles. The van der Waals surface area contributed by atoms with Crippen molar-refractivity contribution in [2.24, 2.45) is 5.92 Å². The van der Waals surface area contributed by atoms with Gasteiger partial charge in [-0.05, 0) is 44.3 Å². The number of nitrogens with zero attached hydrogens (tertiary/aromatic N) is 1. The second kappa shape index (κ2) is 7.06. The Morgan fingerprint density at radius 1 is 1.26 bits per heavy atom. The lowest BCUT2D eigenvalue weighted by Gasteiger charge is -2.33.